The summed E-state index contributed by atoms with van der Waals surface area (Å²) in [5, 5.41) is 0.394. The molecule has 2 fully saturated rings. The molecule has 0 aromatic heterocycles. The van der Waals surface area contributed by atoms with E-state index < -0.39 is 0 Å². The number of hydrogen-bond donors (Lipinski definition) is 0. The minimum Gasteiger partial charge on any atom is -0.469 e. The van der Waals surface area contributed by atoms with Crippen LogP contribution in [0, 0.1) is 5.92 Å². The van der Waals surface area contributed by atoms with Crippen LogP contribution in [0.3, 0.4) is 0 Å². The Morgan fingerprint density at radius 1 is 0.909 bits per heavy atom. The largest absolute Gasteiger partial charge is 0.469 e. The van der Waals surface area contributed by atoms with E-state index in [9.17, 15) is 4.79 Å². The molecule has 1 radical (unpaired) electrons. The predicted octanol–water partition coefficient (Wildman–Crippen LogP) is 5.55. The van der Waals surface area contributed by atoms with Crippen LogP contribution < -0.4 is 0 Å². The number of hydrogen-bond acceptors (Lipinski definition) is 2. The van der Waals surface area contributed by atoms with Gasteiger partial charge in [-0.05, 0) is 12.8 Å². The Kier molecular flexibility index (Phi) is 7.30. The first-order valence-electron chi connectivity index (χ1n) is 9.57. The summed E-state index contributed by atoms with van der Waals surface area (Å²) in [4.78, 5) is 11.8. The Bertz CT molecular complexity index is 324. The van der Waals surface area contributed by atoms with E-state index in [-0.39, 0.29) is 11.9 Å². The van der Waals surface area contributed by atoms with Gasteiger partial charge in [0.1, 0.15) is 7.28 Å². The second-order valence-electron chi connectivity index (χ2n) is 7.93. The van der Waals surface area contributed by atoms with E-state index in [4.69, 9.17) is 4.74 Å². The maximum absolute atomic E-state index is 11.8. The lowest BCUT2D eigenvalue weighted by Gasteiger charge is -2.36. The van der Waals surface area contributed by atoms with Crippen molar-refractivity contribution >= 4 is 13.2 Å². The van der Waals surface area contributed by atoms with E-state index in [1.165, 1.54) is 77.7 Å². The first kappa shape index (κ1) is 17.9. The fourth-order valence-corrected chi connectivity index (χ4v) is 4.57. The number of ether oxygens (including phenoxy) is 1. The highest BCUT2D eigenvalue weighted by molar-refractivity contribution is 6.41. The molecule has 0 heterocycles. The molecule has 2 saturated carbocycles. The quantitative estimate of drug-likeness (QED) is 0.505. The van der Waals surface area contributed by atoms with Crippen molar-refractivity contribution in [1.29, 1.82) is 0 Å². The van der Waals surface area contributed by atoms with Crippen LogP contribution in [0.2, 0.25) is 11.1 Å². The molecule has 0 N–H and O–H groups in total. The molecule has 0 bridgehead atoms. The van der Waals surface area contributed by atoms with Gasteiger partial charge in [-0.3, -0.25) is 4.79 Å². The second kappa shape index (κ2) is 8.98. The third-order valence-corrected chi connectivity index (χ3v) is 5.92. The first-order chi connectivity index (χ1) is 10.6. The van der Waals surface area contributed by atoms with Crippen LogP contribution in [0.1, 0.15) is 90.4 Å². The normalized spacial score (nSPS) is 32.2. The Morgan fingerprint density at radius 3 is 2.00 bits per heavy atom. The minimum absolute atomic E-state index is 0.00704. The zero-order valence-electron chi connectivity index (χ0n) is 14.7. The lowest BCUT2D eigenvalue weighted by Crippen LogP contribution is -2.26. The van der Waals surface area contributed by atoms with E-state index in [2.05, 4.69) is 14.2 Å². The summed E-state index contributed by atoms with van der Waals surface area (Å²) in [5.41, 5.74) is 0. The zero-order chi connectivity index (χ0) is 15.8. The average molecular weight is 305 g/mol. The molecule has 0 aromatic rings. The van der Waals surface area contributed by atoms with Crippen molar-refractivity contribution in [3.63, 3.8) is 0 Å². The van der Waals surface area contributed by atoms with Gasteiger partial charge in [0, 0.05) is 0 Å². The van der Waals surface area contributed by atoms with Gasteiger partial charge in [0.25, 0.3) is 0 Å². The van der Waals surface area contributed by atoms with Crippen molar-refractivity contribution < 1.29 is 9.53 Å². The highest BCUT2D eigenvalue weighted by Gasteiger charge is 2.32. The second-order valence-corrected chi connectivity index (χ2v) is 7.93. The third-order valence-electron chi connectivity index (χ3n) is 5.92. The van der Waals surface area contributed by atoms with Crippen molar-refractivity contribution in [3.8, 4) is 0 Å². The van der Waals surface area contributed by atoms with Gasteiger partial charge in [-0.25, -0.2) is 0 Å². The smallest absolute Gasteiger partial charge is 0.308 e. The summed E-state index contributed by atoms with van der Waals surface area (Å²) < 4.78 is 4.94. The SMILES string of the molecule is COC(=O)C1CCCC(C)([B]C2CCCCCCC2)CCC1. The number of carbonyl (C=O) groups is 1. The third kappa shape index (κ3) is 5.63. The Hall–Kier alpha value is -0.465. The molecular formula is C19H34BO2. The molecule has 0 unspecified atom stereocenters. The van der Waals surface area contributed by atoms with Gasteiger partial charge in [-0.2, -0.15) is 0 Å². The van der Waals surface area contributed by atoms with Crippen LogP contribution in [0.15, 0.2) is 0 Å². The topological polar surface area (TPSA) is 26.3 Å². The molecule has 2 nitrogen and oxygen atoms in total. The van der Waals surface area contributed by atoms with Crippen molar-refractivity contribution in [3.05, 3.63) is 0 Å². The molecule has 3 heteroatoms. The lowest BCUT2D eigenvalue weighted by atomic mass is 9.41. The Morgan fingerprint density at radius 2 is 1.45 bits per heavy atom. The molecule has 0 aromatic carbocycles. The highest BCUT2D eigenvalue weighted by atomic mass is 16.5. The maximum atomic E-state index is 11.8. The van der Waals surface area contributed by atoms with Gasteiger partial charge in [-0.1, -0.05) is 88.7 Å². The van der Waals surface area contributed by atoms with Crippen molar-refractivity contribution in [2.24, 2.45) is 5.92 Å². The number of esters is 1. The molecule has 0 amide bonds. The molecule has 125 valence electrons. The lowest BCUT2D eigenvalue weighted by molar-refractivity contribution is -0.146. The first-order valence-corrected chi connectivity index (χ1v) is 9.57. The van der Waals surface area contributed by atoms with Crippen LogP contribution in [0.4, 0.5) is 0 Å². The van der Waals surface area contributed by atoms with Crippen molar-refractivity contribution in [1.82, 2.24) is 0 Å². The molecular weight excluding hydrogens is 271 g/mol. The van der Waals surface area contributed by atoms with E-state index in [0.29, 0.717) is 5.31 Å². The van der Waals surface area contributed by atoms with E-state index in [1.807, 2.05) is 0 Å². The Balaban J connectivity index is 1.83. The summed E-state index contributed by atoms with van der Waals surface area (Å²) in [6.45, 7) is 2.46. The molecule has 22 heavy (non-hydrogen) atoms. The molecule has 0 aliphatic heterocycles. The number of rotatable bonds is 3. The van der Waals surface area contributed by atoms with Crippen LogP contribution >= 0.6 is 0 Å². The average Bonchev–Trinajstić information content (AvgIpc) is 2.45. The zero-order valence-corrected chi connectivity index (χ0v) is 14.7. The van der Waals surface area contributed by atoms with Gasteiger partial charge in [0.15, 0.2) is 0 Å². The molecule has 2 rings (SSSR count). The van der Waals surface area contributed by atoms with Crippen LogP contribution in [-0.2, 0) is 9.53 Å². The molecule has 0 spiro atoms. The van der Waals surface area contributed by atoms with Crippen molar-refractivity contribution in [2.75, 3.05) is 7.11 Å². The molecule has 0 saturated heterocycles. The van der Waals surface area contributed by atoms with E-state index in [1.54, 1.807) is 0 Å². The fourth-order valence-electron chi connectivity index (χ4n) is 4.57. The molecule has 2 aliphatic rings. The standard InChI is InChI=1S/C19H34BO2/c1-19(20-17-12-6-4-3-5-7-13-17)14-8-10-16(11-9-15-19)18(21)22-2/h16-17H,3-15H2,1-2H3. The monoisotopic (exact) mass is 305 g/mol. The number of methoxy groups -OCH3 is 1. The van der Waals surface area contributed by atoms with Gasteiger partial charge >= 0.3 is 5.97 Å². The summed E-state index contributed by atoms with van der Waals surface area (Å²) in [6, 6.07) is 0. The van der Waals surface area contributed by atoms with Crippen LogP contribution in [0.25, 0.3) is 0 Å². The maximum Gasteiger partial charge on any atom is 0.308 e. The minimum atomic E-state index is 0.00704. The summed E-state index contributed by atoms with van der Waals surface area (Å²) in [7, 11) is 4.24. The predicted molar refractivity (Wildman–Crippen MR) is 93.4 cm³/mol. The molecule has 0 atom stereocenters. The fraction of sp³-hybridized carbons (Fsp3) is 0.947. The van der Waals surface area contributed by atoms with Gasteiger partial charge in [0.2, 0.25) is 0 Å². The van der Waals surface area contributed by atoms with Gasteiger partial charge < -0.3 is 4.74 Å². The van der Waals surface area contributed by atoms with E-state index >= 15 is 0 Å². The summed E-state index contributed by atoms with van der Waals surface area (Å²) in [5.74, 6) is 0.990. The van der Waals surface area contributed by atoms with Crippen LogP contribution in [-0.4, -0.2) is 20.4 Å². The highest BCUT2D eigenvalue weighted by Crippen LogP contribution is 2.45. The van der Waals surface area contributed by atoms with E-state index in [0.717, 1.165) is 18.7 Å². The van der Waals surface area contributed by atoms with Crippen LogP contribution in [0.5, 0.6) is 0 Å². The Labute approximate surface area is 138 Å². The summed E-state index contributed by atoms with van der Waals surface area (Å²) in [6.07, 6.45) is 16.8. The van der Waals surface area contributed by atoms with Gasteiger partial charge in [0.05, 0.1) is 13.0 Å². The van der Waals surface area contributed by atoms with Gasteiger partial charge in [-0.15, -0.1) is 0 Å². The van der Waals surface area contributed by atoms with Crippen molar-refractivity contribution in [2.45, 2.75) is 102 Å². The summed E-state index contributed by atoms with van der Waals surface area (Å²) >= 11 is 0. The number of carbonyl (C=O) groups excluding carboxylic acids is 1. The molecule has 2 aliphatic carbocycles.